The minimum absolute atomic E-state index is 0.352. The van der Waals surface area contributed by atoms with Gasteiger partial charge in [-0.1, -0.05) is 13.0 Å². The summed E-state index contributed by atoms with van der Waals surface area (Å²) >= 11 is 0. The van der Waals surface area contributed by atoms with Gasteiger partial charge in [-0.15, -0.1) is 0 Å². The third kappa shape index (κ3) is 3.18. The van der Waals surface area contributed by atoms with Gasteiger partial charge in [0.25, 0.3) is 0 Å². The van der Waals surface area contributed by atoms with Crippen LogP contribution in [0.15, 0.2) is 36.5 Å². The summed E-state index contributed by atoms with van der Waals surface area (Å²) in [7, 11) is -3.38. The van der Waals surface area contributed by atoms with Crippen LogP contribution in [0.4, 0.5) is 0 Å². The molecule has 0 aliphatic carbocycles. The van der Waals surface area contributed by atoms with Gasteiger partial charge in [0.2, 0.25) is 16.0 Å². The maximum Gasteiger partial charge on any atom is 0.246 e. The molecule has 0 spiro atoms. The summed E-state index contributed by atoms with van der Waals surface area (Å²) in [6.45, 7) is 2.07. The normalized spacial score (nSPS) is 11.6. The van der Waals surface area contributed by atoms with Gasteiger partial charge < -0.3 is 4.74 Å². The number of fused-ring (bicyclic) bond motifs is 1. The maximum atomic E-state index is 11.4. The fourth-order valence-corrected chi connectivity index (χ4v) is 2.36. The fraction of sp³-hybridized carbons (Fsp3) is 0.250. The Morgan fingerprint density at radius 2 is 2.17 bits per heavy atom. The average Bonchev–Trinajstić information content (AvgIpc) is 2.36. The Kier molecular flexibility index (Phi) is 3.78. The van der Waals surface area contributed by atoms with Crippen molar-refractivity contribution in [3.05, 3.63) is 36.5 Å². The zero-order valence-electron chi connectivity index (χ0n) is 9.96. The Morgan fingerprint density at radius 1 is 1.33 bits per heavy atom. The molecule has 0 radical (unpaired) electrons. The lowest BCUT2D eigenvalue weighted by molar-refractivity contribution is 0.374. The quantitative estimate of drug-likeness (QED) is 0.890. The predicted octanol–water partition coefficient (Wildman–Crippen LogP) is 1.51. The van der Waals surface area contributed by atoms with Gasteiger partial charge in [-0.25, -0.2) is 13.1 Å². The van der Waals surface area contributed by atoms with Gasteiger partial charge in [0, 0.05) is 24.2 Å². The summed E-state index contributed by atoms with van der Waals surface area (Å²) in [5.41, 5.74) is 0.774. The van der Waals surface area contributed by atoms with E-state index in [1.54, 1.807) is 25.3 Å². The number of nitrogens with zero attached hydrogens (tertiary/aromatic N) is 1. The standard InChI is InChI=1S/C12H14N2O3S/c1-2-14-18(15,16)9-17-11-6-5-10-4-3-7-13-12(10)8-11/h3-8,14H,2,9H2,1H3. The van der Waals surface area contributed by atoms with Crippen LogP contribution in [-0.4, -0.2) is 25.9 Å². The summed E-state index contributed by atoms with van der Waals surface area (Å²) in [5, 5.41) is 0.986. The Bertz CT molecular complexity index is 641. The molecule has 1 aromatic carbocycles. The number of rotatable bonds is 5. The lowest BCUT2D eigenvalue weighted by Crippen LogP contribution is -2.28. The van der Waals surface area contributed by atoms with E-state index in [0.717, 1.165) is 10.9 Å². The van der Waals surface area contributed by atoms with Gasteiger partial charge in [0.15, 0.2) is 0 Å². The molecular weight excluding hydrogens is 252 g/mol. The largest absolute Gasteiger partial charge is 0.476 e. The number of nitrogens with one attached hydrogen (secondary N) is 1. The molecule has 0 atom stereocenters. The highest BCUT2D eigenvalue weighted by molar-refractivity contribution is 7.89. The summed E-state index contributed by atoms with van der Waals surface area (Å²) in [6.07, 6.45) is 1.68. The lowest BCUT2D eigenvalue weighted by Gasteiger charge is -2.08. The van der Waals surface area contributed by atoms with Crippen LogP contribution in [0.25, 0.3) is 10.9 Å². The molecule has 0 saturated heterocycles. The molecule has 0 saturated carbocycles. The zero-order valence-corrected chi connectivity index (χ0v) is 10.8. The van der Waals surface area contributed by atoms with Gasteiger partial charge in [0.05, 0.1) is 5.52 Å². The first-order chi connectivity index (χ1) is 8.61. The molecule has 18 heavy (non-hydrogen) atoms. The van der Waals surface area contributed by atoms with Crippen LogP contribution in [0.3, 0.4) is 0 Å². The summed E-state index contributed by atoms with van der Waals surface area (Å²) in [6, 6.07) is 9.07. The van der Waals surface area contributed by atoms with E-state index in [-0.39, 0.29) is 5.94 Å². The van der Waals surface area contributed by atoms with Crippen molar-refractivity contribution in [2.75, 3.05) is 12.5 Å². The highest BCUT2D eigenvalue weighted by Gasteiger charge is 2.09. The minimum atomic E-state index is -3.38. The predicted molar refractivity (Wildman–Crippen MR) is 69.8 cm³/mol. The second-order valence-electron chi connectivity index (χ2n) is 3.73. The number of aromatic nitrogens is 1. The molecule has 2 aromatic rings. The van der Waals surface area contributed by atoms with Gasteiger partial charge in [-0.2, -0.15) is 0 Å². The first-order valence-electron chi connectivity index (χ1n) is 5.55. The smallest absolute Gasteiger partial charge is 0.246 e. The van der Waals surface area contributed by atoms with Crippen LogP contribution in [0.2, 0.25) is 0 Å². The molecule has 96 valence electrons. The number of ether oxygens (including phenoxy) is 1. The summed E-state index contributed by atoms with van der Waals surface area (Å²) in [5.74, 6) is 0.0989. The molecule has 0 unspecified atom stereocenters. The van der Waals surface area contributed by atoms with Gasteiger partial charge in [-0.3, -0.25) is 4.98 Å². The van der Waals surface area contributed by atoms with Crippen LogP contribution < -0.4 is 9.46 Å². The average molecular weight is 266 g/mol. The van der Waals surface area contributed by atoms with E-state index in [9.17, 15) is 8.42 Å². The van der Waals surface area contributed by atoms with Crippen molar-refractivity contribution >= 4 is 20.9 Å². The molecule has 2 rings (SSSR count). The fourth-order valence-electron chi connectivity index (χ4n) is 1.54. The molecule has 1 N–H and O–H groups in total. The van der Waals surface area contributed by atoms with Crippen molar-refractivity contribution in [2.45, 2.75) is 6.92 Å². The van der Waals surface area contributed by atoms with Crippen LogP contribution in [0.5, 0.6) is 5.75 Å². The molecule has 1 aromatic heterocycles. The Balaban J connectivity index is 2.13. The van der Waals surface area contributed by atoms with Crippen molar-refractivity contribution in [1.29, 1.82) is 0 Å². The molecular formula is C12H14N2O3S. The number of hydrogen-bond donors (Lipinski definition) is 1. The van der Waals surface area contributed by atoms with Crippen LogP contribution in [-0.2, 0) is 10.0 Å². The highest BCUT2D eigenvalue weighted by Crippen LogP contribution is 2.18. The van der Waals surface area contributed by atoms with Crippen molar-refractivity contribution in [3.63, 3.8) is 0 Å². The van der Waals surface area contributed by atoms with E-state index < -0.39 is 10.0 Å². The van der Waals surface area contributed by atoms with E-state index in [4.69, 9.17) is 4.74 Å². The topological polar surface area (TPSA) is 68.3 Å². The van der Waals surface area contributed by atoms with Crippen molar-refractivity contribution < 1.29 is 13.2 Å². The lowest BCUT2D eigenvalue weighted by atomic mass is 10.2. The van der Waals surface area contributed by atoms with Gasteiger partial charge in [-0.05, 0) is 18.2 Å². The van der Waals surface area contributed by atoms with E-state index in [1.165, 1.54) is 0 Å². The third-order valence-electron chi connectivity index (χ3n) is 2.32. The highest BCUT2D eigenvalue weighted by atomic mass is 32.2. The van der Waals surface area contributed by atoms with E-state index in [0.29, 0.717) is 12.3 Å². The van der Waals surface area contributed by atoms with Crippen molar-refractivity contribution in [3.8, 4) is 5.75 Å². The first kappa shape index (κ1) is 12.8. The Labute approximate surface area is 106 Å². The monoisotopic (exact) mass is 266 g/mol. The second-order valence-corrected chi connectivity index (χ2v) is 5.49. The van der Waals surface area contributed by atoms with Crippen LogP contribution >= 0.6 is 0 Å². The Morgan fingerprint density at radius 3 is 2.94 bits per heavy atom. The molecule has 6 heteroatoms. The SMILES string of the molecule is CCNS(=O)(=O)COc1ccc2cccnc2c1. The van der Waals surface area contributed by atoms with Crippen LogP contribution in [0.1, 0.15) is 6.92 Å². The summed E-state index contributed by atoms with van der Waals surface area (Å²) in [4.78, 5) is 4.18. The van der Waals surface area contributed by atoms with Crippen molar-refractivity contribution in [1.82, 2.24) is 9.71 Å². The molecule has 0 amide bonds. The van der Waals surface area contributed by atoms with E-state index in [1.807, 2.05) is 18.2 Å². The number of hydrogen-bond acceptors (Lipinski definition) is 4. The zero-order chi connectivity index (χ0) is 13.0. The Hall–Kier alpha value is -1.66. The van der Waals surface area contributed by atoms with E-state index in [2.05, 4.69) is 9.71 Å². The van der Waals surface area contributed by atoms with Crippen LogP contribution in [0, 0.1) is 0 Å². The minimum Gasteiger partial charge on any atom is -0.476 e. The molecule has 0 aliphatic rings. The van der Waals surface area contributed by atoms with E-state index >= 15 is 0 Å². The summed E-state index contributed by atoms with van der Waals surface area (Å²) < 4.78 is 30.4. The van der Waals surface area contributed by atoms with Gasteiger partial charge >= 0.3 is 0 Å². The molecule has 0 fully saturated rings. The van der Waals surface area contributed by atoms with Crippen molar-refractivity contribution in [2.24, 2.45) is 0 Å². The molecule has 0 bridgehead atoms. The number of sulfonamides is 1. The third-order valence-corrected chi connectivity index (χ3v) is 3.48. The maximum absolute atomic E-state index is 11.4. The first-order valence-corrected chi connectivity index (χ1v) is 7.21. The number of benzene rings is 1. The second kappa shape index (κ2) is 5.32. The molecule has 1 heterocycles. The number of pyridine rings is 1. The van der Waals surface area contributed by atoms with Gasteiger partial charge in [0.1, 0.15) is 5.75 Å². The molecule has 5 nitrogen and oxygen atoms in total. The molecule has 0 aliphatic heterocycles.